The highest BCUT2D eigenvalue weighted by molar-refractivity contribution is 7.80. The number of hydrogen-bond donors (Lipinski definition) is 6. The van der Waals surface area contributed by atoms with Gasteiger partial charge in [0.2, 0.25) is 11.8 Å². The molecule has 2 amide bonds. The van der Waals surface area contributed by atoms with Crippen LogP contribution in [0.2, 0.25) is 0 Å². The number of non-ortho nitro benzene ring substituents is 2. The third-order valence-electron chi connectivity index (χ3n) is 7.16. The topological polar surface area (TPSA) is 193 Å². The lowest BCUT2D eigenvalue weighted by atomic mass is 9.81. The van der Waals surface area contributed by atoms with Gasteiger partial charge in [-0.05, 0) is 67.0 Å². The van der Waals surface area contributed by atoms with E-state index in [1.165, 1.54) is 24.3 Å². The minimum atomic E-state index is -0.483. The van der Waals surface area contributed by atoms with E-state index in [2.05, 4.69) is 31.9 Å². The van der Waals surface area contributed by atoms with Crippen LogP contribution in [0.3, 0.4) is 0 Å². The number of rotatable bonds is 12. The zero-order valence-electron chi connectivity index (χ0n) is 22.8. The molecule has 0 unspecified atom stereocenters. The number of fused-ring (bicyclic) bond motifs is 2. The van der Waals surface area contributed by atoms with Gasteiger partial charge >= 0.3 is 0 Å². The lowest BCUT2D eigenvalue weighted by Crippen LogP contribution is -2.47. The molecule has 2 aromatic carbocycles. The number of benzene rings is 2. The molecule has 1 fully saturated rings. The molecule has 0 saturated heterocycles. The van der Waals surface area contributed by atoms with E-state index in [9.17, 15) is 29.8 Å². The highest BCUT2D eigenvalue weighted by Gasteiger charge is 2.51. The summed E-state index contributed by atoms with van der Waals surface area (Å²) in [7, 11) is 0. The van der Waals surface area contributed by atoms with E-state index in [0.717, 1.165) is 6.42 Å². The number of carbonyl (C=O) groups is 2. The first kappa shape index (κ1) is 31.2. The molecular weight excluding hydrogens is 596 g/mol. The predicted octanol–water partition coefficient (Wildman–Crippen LogP) is 2.45. The summed E-state index contributed by atoms with van der Waals surface area (Å²) in [6.07, 6.45) is 4.76. The van der Waals surface area contributed by atoms with Crippen LogP contribution < -0.4 is 31.9 Å². The summed E-state index contributed by atoms with van der Waals surface area (Å²) in [5.41, 5.74) is 1.13. The number of nitro benzene ring substituents is 2. The number of anilines is 2. The van der Waals surface area contributed by atoms with E-state index >= 15 is 0 Å². The molecule has 16 heteroatoms. The molecule has 4 rings (SSSR count). The van der Waals surface area contributed by atoms with Gasteiger partial charge in [-0.3, -0.25) is 29.8 Å². The Morgan fingerprint density at radius 1 is 0.651 bits per heavy atom. The lowest BCUT2D eigenvalue weighted by molar-refractivity contribution is -0.385. The maximum absolute atomic E-state index is 13.1. The van der Waals surface area contributed by atoms with Gasteiger partial charge in [0.05, 0.1) is 21.7 Å². The fourth-order valence-electron chi connectivity index (χ4n) is 5.18. The van der Waals surface area contributed by atoms with Crippen molar-refractivity contribution in [2.45, 2.75) is 6.42 Å². The van der Waals surface area contributed by atoms with Crippen LogP contribution in [0.1, 0.15) is 6.42 Å². The number of carbonyl (C=O) groups excluding carboxylic acids is 2. The van der Waals surface area contributed by atoms with Gasteiger partial charge in [-0.2, -0.15) is 0 Å². The van der Waals surface area contributed by atoms with Crippen LogP contribution in [0.5, 0.6) is 0 Å². The van der Waals surface area contributed by atoms with Crippen LogP contribution in [0, 0.1) is 43.9 Å². The Hall–Kier alpha value is -4.70. The predicted molar refractivity (Wildman–Crippen MR) is 168 cm³/mol. The van der Waals surface area contributed by atoms with E-state index in [1.807, 2.05) is 12.2 Å². The number of amides is 2. The molecule has 0 spiro atoms. The molecule has 14 nitrogen and oxygen atoms in total. The van der Waals surface area contributed by atoms with E-state index in [1.54, 1.807) is 24.3 Å². The van der Waals surface area contributed by atoms with E-state index < -0.39 is 21.7 Å². The largest absolute Gasteiger partial charge is 0.361 e. The maximum atomic E-state index is 13.1. The number of nitrogens with one attached hydrogen (secondary N) is 6. The first-order valence-corrected chi connectivity index (χ1v) is 14.3. The lowest BCUT2D eigenvalue weighted by Gasteiger charge is -2.26. The van der Waals surface area contributed by atoms with Crippen molar-refractivity contribution in [3.8, 4) is 0 Å². The van der Waals surface area contributed by atoms with Gasteiger partial charge in [-0.15, -0.1) is 0 Å². The zero-order chi connectivity index (χ0) is 30.9. The fourth-order valence-corrected chi connectivity index (χ4v) is 5.62. The number of hydrogen-bond acceptors (Lipinski definition) is 8. The van der Waals surface area contributed by atoms with E-state index in [-0.39, 0.29) is 48.1 Å². The molecule has 2 aliphatic rings. The quantitative estimate of drug-likeness (QED) is 0.0664. The molecule has 43 heavy (non-hydrogen) atoms. The molecule has 0 aliphatic heterocycles. The smallest absolute Gasteiger partial charge is 0.269 e. The fraction of sp³-hybridized carbons (Fsp3) is 0.333. The monoisotopic (exact) mass is 626 g/mol. The minimum Gasteiger partial charge on any atom is -0.361 e. The minimum absolute atomic E-state index is 0.00445. The highest BCUT2D eigenvalue weighted by atomic mass is 32.1. The van der Waals surface area contributed by atoms with Crippen molar-refractivity contribution in [2.24, 2.45) is 23.7 Å². The molecule has 0 heterocycles. The summed E-state index contributed by atoms with van der Waals surface area (Å²) < 4.78 is 0. The zero-order valence-corrected chi connectivity index (χ0v) is 24.4. The molecule has 226 valence electrons. The van der Waals surface area contributed by atoms with Gasteiger partial charge in [0.15, 0.2) is 10.2 Å². The highest BCUT2D eigenvalue weighted by Crippen LogP contribution is 2.48. The molecule has 2 bridgehead atoms. The Morgan fingerprint density at radius 3 is 1.35 bits per heavy atom. The van der Waals surface area contributed by atoms with Crippen LogP contribution in [0.25, 0.3) is 0 Å². The van der Waals surface area contributed by atoms with Crippen LogP contribution >= 0.6 is 24.4 Å². The normalized spacial score (nSPS) is 19.6. The maximum Gasteiger partial charge on any atom is 0.269 e. The van der Waals surface area contributed by atoms with E-state index in [0.29, 0.717) is 34.7 Å². The molecule has 2 aromatic rings. The second-order valence-corrected chi connectivity index (χ2v) is 10.8. The van der Waals surface area contributed by atoms with E-state index in [4.69, 9.17) is 24.4 Å². The van der Waals surface area contributed by atoms with Crippen LogP contribution in [-0.2, 0) is 9.59 Å². The van der Waals surface area contributed by atoms with Crippen LogP contribution in [-0.4, -0.2) is 58.1 Å². The van der Waals surface area contributed by atoms with Gasteiger partial charge in [0.25, 0.3) is 11.4 Å². The van der Waals surface area contributed by atoms with Crippen molar-refractivity contribution in [1.82, 2.24) is 21.3 Å². The summed E-state index contributed by atoms with van der Waals surface area (Å²) in [5, 5.41) is 39.8. The molecule has 0 aromatic heterocycles. The van der Waals surface area contributed by atoms with Gasteiger partial charge < -0.3 is 31.9 Å². The Morgan fingerprint density at radius 2 is 1.00 bits per heavy atom. The Balaban J connectivity index is 1.16. The average Bonchev–Trinajstić information content (AvgIpc) is 3.60. The van der Waals surface area contributed by atoms with Crippen LogP contribution in [0.4, 0.5) is 22.7 Å². The first-order chi connectivity index (χ1) is 20.6. The average molecular weight is 627 g/mol. The molecule has 0 radical (unpaired) electrons. The summed E-state index contributed by atoms with van der Waals surface area (Å²) in [6, 6.07) is 11.7. The first-order valence-electron chi connectivity index (χ1n) is 13.4. The second-order valence-electron chi connectivity index (χ2n) is 9.95. The Bertz CT molecular complexity index is 1310. The van der Waals surface area contributed by atoms with Gasteiger partial charge in [-0.25, -0.2) is 0 Å². The van der Waals surface area contributed by atoms with Gasteiger partial charge in [0, 0.05) is 61.8 Å². The third kappa shape index (κ3) is 8.42. The second kappa shape index (κ2) is 14.5. The number of nitrogens with zero attached hydrogens (tertiary/aromatic N) is 2. The van der Waals surface area contributed by atoms with Crippen molar-refractivity contribution in [3.05, 3.63) is 80.9 Å². The molecular formula is C27H30N8O6S2. The number of nitro groups is 2. The van der Waals surface area contributed by atoms with Crippen molar-refractivity contribution in [3.63, 3.8) is 0 Å². The molecule has 6 N–H and O–H groups in total. The van der Waals surface area contributed by atoms with Crippen molar-refractivity contribution < 1.29 is 19.4 Å². The van der Waals surface area contributed by atoms with Crippen molar-refractivity contribution >= 4 is 69.2 Å². The Kier molecular flexibility index (Phi) is 10.5. The molecule has 4 atom stereocenters. The van der Waals surface area contributed by atoms with Gasteiger partial charge in [0.1, 0.15) is 0 Å². The van der Waals surface area contributed by atoms with Crippen LogP contribution in [0.15, 0.2) is 60.7 Å². The summed E-state index contributed by atoms with van der Waals surface area (Å²) in [4.78, 5) is 46.8. The number of thiocarbonyl (C=S) groups is 2. The Labute approximate surface area is 257 Å². The summed E-state index contributed by atoms with van der Waals surface area (Å²) >= 11 is 10.5. The number of allylic oxidation sites excluding steroid dienone is 2. The summed E-state index contributed by atoms with van der Waals surface area (Å²) in [5.74, 6) is -1.35. The standard InChI is InChI=1S/C27H30N8O6S2/c36-24(28-11-13-30-26(42)32-18-3-7-20(8-4-18)34(38)39)22-16-1-2-17(15-16)23(22)25(37)29-12-14-31-27(43)33-19-5-9-21(10-6-19)35(40)41/h1-10,16-17,22-23H,11-15H2,(H,28,36)(H,29,37)(H2,30,32,42)(H2,31,33,43)/t16-,17+,22-,23-/m1/s1. The van der Waals surface area contributed by atoms with Crippen molar-refractivity contribution in [1.29, 1.82) is 0 Å². The van der Waals surface area contributed by atoms with Crippen molar-refractivity contribution in [2.75, 3.05) is 36.8 Å². The summed E-state index contributed by atoms with van der Waals surface area (Å²) in [6.45, 7) is 1.26. The van der Waals surface area contributed by atoms with Gasteiger partial charge in [-0.1, -0.05) is 12.2 Å². The molecule has 2 aliphatic carbocycles. The SMILES string of the molecule is O=C(NCCNC(=S)Nc1ccc([N+](=O)[O-])cc1)[C@H]1[C@H](C(=O)NCCNC(=S)Nc2ccc([N+](=O)[O-])cc2)[C@H]2C=C[C@@H]1C2. The third-order valence-corrected chi connectivity index (χ3v) is 7.65. The molecule has 1 saturated carbocycles.